The Hall–Kier alpha value is -0.810. The maximum Gasteiger partial charge on any atom is 0.183 e. The van der Waals surface area contributed by atoms with Gasteiger partial charge in [-0.15, -0.1) is 0 Å². The van der Waals surface area contributed by atoms with Crippen molar-refractivity contribution in [1.82, 2.24) is 9.88 Å². The molecule has 1 aromatic heterocycles. The molecule has 0 radical (unpaired) electrons. The molecule has 1 aliphatic heterocycles. The first-order valence-electron chi connectivity index (χ1n) is 7.16. The van der Waals surface area contributed by atoms with E-state index in [1.807, 2.05) is 6.07 Å². The molecule has 112 valence electrons. The highest BCUT2D eigenvalue weighted by atomic mass is 79.9. The first kappa shape index (κ1) is 15.6. The Morgan fingerprint density at radius 3 is 2.85 bits per heavy atom. The van der Waals surface area contributed by atoms with Crippen molar-refractivity contribution in [3.8, 4) is 11.5 Å². The van der Waals surface area contributed by atoms with E-state index < -0.39 is 0 Å². The third-order valence-electron chi connectivity index (χ3n) is 3.90. The van der Waals surface area contributed by atoms with Gasteiger partial charge in [-0.1, -0.05) is 28.8 Å². The largest absolute Gasteiger partial charge is 0.493 e. The van der Waals surface area contributed by atoms with E-state index in [4.69, 9.17) is 9.47 Å². The number of methoxy groups -OCH3 is 2. The molecule has 1 fully saturated rings. The van der Waals surface area contributed by atoms with Gasteiger partial charge in [0.1, 0.15) is 5.69 Å². The Labute approximate surface area is 129 Å². The predicted molar refractivity (Wildman–Crippen MR) is 83.8 cm³/mol. The minimum atomic E-state index is 0.579. The van der Waals surface area contributed by atoms with E-state index in [1.165, 1.54) is 25.7 Å². The molecule has 1 aliphatic rings. The van der Waals surface area contributed by atoms with Crippen LogP contribution in [-0.4, -0.2) is 42.0 Å². The van der Waals surface area contributed by atoms with Crippen molar-refractivity contribution >= 4 is 15.9 Å². The second-order valence-electron chi connectivity index (χ2n) is 5.12. The Morgan fingerprint density at radius 1 is 1.30 bits per heavy atom. The smallest absolute Gasteiger partial charge is 0.183 e. The van der Waals surface area contributed by atoms with E-state index >= 15 is 0 Å². The van der Waals surface area contributed by atoms with E-state index in [2.05, 4.69) is 25.8 Å². The highest BCUT2D eigenvalue weighted by molar-refractivity contribution is 9.09. The molecule has 0 saturated carbocycles. The van der Waals surface area contributed by atoms with Gasteiger partial charge in [0.2, 0.25) is 0 Å². The monoisotopic (exact) mass is 342 g/mol. The lowest BCUT2D eigenvalue weighted by atomic mass is 10.1. The summed E-state index contributed by atoms with van der Waals surface area (Å²) in [5, 5.41) is 1.01. The summed E-state index contributed by atoms with van der Waals surface area (Å²) < 4.78 is 10.8. The number of nitrogens with zero attached hydrogens (tertiary/aromatic N) is 2. The van der Waals surface area contributed by atoms with Crippen molar-refractivity contribution in [2.24, 2.45) is 0 Å². The topological polar surface area (TPSA) is 34.6 Å². The van der Waals surface area contributed by atoms with E-state index in [0.29, 0.717) is 6.04 Å². The highest BCUT2D eigenvalue weighted by Crippen LogP contribution is 2.31. The maximum atomic E-state index is 5.48. The predicted octanol–water partition coefficient (Wildman–Crippen LogP) is 3.24. The van der Waals surface area contributed by atoms with Crippen LogP contribution in [0.15, 0.2) is 12.3 Å². The summed E-state index contributed by atoms with van der Waals surface area (Å²) >= 11 is 3.65. The summed E-state index contributed by atoms with van der Waals surface area (Å²) in [6.45, 7) is 1.94. The second kappa shape index (κ2) is 7.84. The zero-order chi connectivity index (χ0) is 14.4. The lowest BCUT2D eigenvalue weighted by Gasteiger charge is -2.28. The van der Waals surface area contributed by atoms with Crippen LogP contribution < -0.4 is 9.47 Å². The molecule has 0 spiro atoms. The molecule has 20 heavy (non-hydrogen) atoms. The lowest BCUT2D eigenvalue weighted by Crippen LogP contribution is -2.35. The van der Waals surface area contributed by atoms with Crippen LogP contribution in [0.4, 0.5) is 0 Å². The van der Waals surface area contributed by atoms with Gasteiger partial charge < -0.3 is 9.47 Å². The van der Waals surface area contributed by atoms with Crippen molar-refractivity contribution in [3.05, 3.63) is 18.0 Å². The Bertz CT molecular complexity index is 428. The molecular weight excluding hydrogens is 320 g/mol. The normalized spacial score (nSPS) is 20.4. The minimum absolute atomic E-state index is 0.579. The lowest BCUT2D eigenvalue weighted by molar-refractivity contribution is 0.203. The summed E-state index contributed by atoms with van der Waals surface area (Å²) in [4.78, 5) is 7.00. The van der Waals surface area contributed by atoms with E-state index in [1.54, 1.807) is 20.4 Å². The summed E-state index contributed by atoms with van der Waals surface area (Å²) in [5.74, 6) is 1.51. The van der Waals surface area contributed by atoms with E-state index in [9.17, 15) is 0 Å². The quantitative estimate of drug-likeness (QED) is 0.769. The van der Waals surface area contributed by atoms with Crippen LogP contribution in [0.2, 0.25) is 0 Å². The Balaban J connectivity index is 2.19. The van der Waals surface area contributed by atoms with Crippen LogP contribution in [0.5, 0.6) is 11.5 Å². The molecule has 0 bridgehead atoms. The number of rotatable bonds is 5. The SMILES string of the molecule is COc1ccnc(CN2CCCCCC2CBr)c1OC. The van der Waals surface area contributed by atoms with Crippen molar-refractivity contribution < 1.29 is 9.47 Å². The fourth-order valence-corrected chi connectivity index (χ4v) is 3.51. The third kappa shape index (κ3) is 3.64. The molecular formula is C15H23BrN2O2. The van der Waals surface area contributed by atoms with Gasteiger partial charge in [-0.2, -0.15) is 0 Å². The van der Waals surface area contributed by atoms with Gasteiger partial charge in [0.15, 0.2) is 11.5 Å². The van der Waals surface area contributed by atoms with Crippen LogP contribution >= 0.6 is 15.9 Å². The van der Waals surface area contributed by atoms with Crippen molar-refractivity contribution in [2.45, 2.75) is 38.3 Å². The maximum absolute atomic E-state index is 5.48. The first-order chi connectivity index (χ1) is 9.80. The number of pyridine rings is 1. The Kier molecular flexibility index (Phi) is 6.10. The number of alkyl halides is 1. The zero-order valence-corrected chi connectivity index (χ0v) is 13.9. The average Bonchev–Trinajstić information content (AvgIpc) is 2.71. The van der Waals surface area contributed by atoms with Gasteiger partial charge in [0.25, 0.3) is 0 Å². The van der Waals surface area contributed by atoms with E-state index in [-0.39, 0.29) is 0 Å². The van der Waals surface area contributed by atoms with E-state index in [0.717, 1.165) is 35.6 Å². The van der Waals surface area contributed by atoms with Crippen LogP contribution in [0.25, 0.3) is 0 Å². The molecule has 1 saturated heterocycles. The molecule has 2 heterocycles. The fraction of sp³-hybridized carbons (Fsp3) is 0.667. The van der Waals surface area contributed by atoms with Crippen LogP contribution in [0.1, 0.15) is 31.4 Å². The molecule has 0 N–H and O–H groups in total. The number of likely N-dealkylation sites (tertiary alicyclic amines) is 1. The molecule has 1 atom stereocenters. The molecule has 2 rings (SSSR count). The van der Waals surface area contributed by atoms with Crippen molar-refractivity contribution in [2.75, 3.05) is 26.1 Å². The standard InChI is InChI=1S/C15H23BrN2O2/c1-19-14-7-8-17-13(15(14)20-2)11-18-9-5-3-4-6-12(18)10-16/h7-8,12H,3-6,9-11H2,1-2H3. The fourth-order valence-electron chi connectivity index (χ4n) is 2.78. The molecule has 1 aromatic rings. The highest BCUT2D eigenvalue weighted by Gasteiger charge is 2.22. The summed E-state index contributed by atoms with van der Waals surface area (Å²) in [6, 6.07) is 2.42. The summed E-state index contributed by atoms with van der Waals surface area (Å²) in [6.07, 6.45) is 6.93. The van der Waals surface area contributed by atoms with Gasteiger partial charge in [0, 0.05) is 30.2 Å². The van der Waals surface area contributed by atoms with Gasteiger partial charge in [0.05, 0.1) is 14.2 Å². The molecule has 0 aliphatic carbocycles. The Morgan fingerprint density at radius 2 is 2.15 bits per heavy atom. The van der Waals surface area contributed by atoms with Crippen molar-refractivity contribution in [1.29, 1.82) is 0 Å². The van der Waals surface area contributed by atoms with Gasteiger partial charge in [-0.3, -0.25) is 9.88 Å². The van der Waals surface area contributed by atoms with Crippen LogP contribution in [-0.2, 0) is 6.54 Å². The molecule has 5 heteroatoms. The zero-order valence-electron chi connectivity index (χ0n) is 12.3. The van der Waals surface area contributed by atoms with Crippen LogP contribution in [0, 0.1) is 0 Å². The average molecular weight is 343 g/mol. The number of halogens is 1. The summed E-state index contributed by atoms with van der Waals surface area (Å²) in [5.41, 5.74) is 0.958. The van der Waals surface area contributed by atoms with Crippen molar-refractivity contribution in [3.63, 3.8) is 0 Å². The molecule has 4 nitrogen and oxygen atoms in total. The van der Waals surface area contributed by atoms with Gasteiger partial charge in [-0.05, 0) is 19.4 Å². The number of hydrogen-bond acceptors (Lipinski definition) is 4. The number of hydrogen-bond donors (Lipinski definition) is 0. The summed E-state index contributed by atoms with van der Waals surface area (Å²) in [7, 11) is 3.34. The van der Waals surface area contributed by atoms with Crippen LogP contribution in [0.3, 0.4) is 0 Å². The molecule has 1 unspecified atom stereocenters. The minimum Gasteiger partial charge on any atom is -0.493 e. The number of ether oxygens (including phenoxy) is 2. The third-order valence-corrected chi connectivity index (χ3v) is 4.64. The van der Waals surface area contributed by atoms with Gasteiger partial charge in [-0.25, -0.2) is 0 Å². The molecule has 0 amide bonds. The van der Waals surface area contributed by atoms with Gasteiger partial charge >= 0.3 is 0 Å². The second-order valence-corrected chi connectivity index (χ2v) is 5.77. The number of aromatic nitrogens is 1. The molecule has 0 aromatic carbocycles. The first-order valence-corrected chi connectivity index (χ1v) is 8.28.